The largest absolute Gasteiger partial charge is 0.444 e. The van der Waals surface area contributed by atoms with Gasteiger partial charge in [0.2, 0.25) is 5.91 Å². The Kier molecular flexibility index (Phi) is 7.01. The number of hydrogen-bond acceptors (Lipinski definition) is 5. The highest BCUT2D eigenvalue weighted by Crippen LogP contribution is 2.24. The van der Waals surface area contributed by atoms with Crippen LogP contribution in [-0.2, 0) is 16.0 Å². The molecule has 2 amide bonds. The number of carbonyl (C=O) groups excluding carboxylic acids is 2. The number of aromatic nitrogens is 3. The molecule has 8 heteroatoms. The van der Waals surface area contributed by atoms with Gasteiger partial charge in [0.25, 0.3) is 0 Å². The topological polar surface area (TPSA) is 80.0 Å². The molecule has 0 saturated carbocycles. The van der Waals surface area contributed by atoms with Crippen molar-refractivity contribution in [3.8, 4) is 0 Å². The van der Waals surface area contributed by atoms with Gasteiger partial charge < -0.3 is 14.5 Å². The Bertz CT molecular complexity index is 1240. The zero-order valence-electron chi connectivity index (χ0n) is 21.8. The summed E-state index contributed by atoms with van der Waals surface area (Å²) in [5.74, 6) is 0.405. The van der Waals surface area contributed by atoms with Gasteiger partial charge in [-0.15, -0.1) is 0 Å². The SMILES string of the molecule is Cc1nc2c3ccccc3nn2c(C)c1CCC(=O)N1CCCC(CN(C)C(=O)OC(C)(C)C)C1. The maximum absolute atomic E-state index is 13.1. The molecule has 35 heavy (non-hydrogen) atoms. The Labute approximate surface area is 207 Å². The molecule has 1 fully saturated rings. The van der Waals surface area contributed by atoms with Crippen LogP contribution in [0.15, 0.2) is 24.3 Å². The van der Waals surface area contributed by atoms with E-state index in [1.807, 2.05) is 61.4 Å². The van der Waals surface area contributed by atoms with Crippen molar-refractivity contribution in [2.24, 2.45) is 5.92 Å². The smallest absolute Gasteiger partial charge is 0.410 e. The van der Waals surface area contributed by atoms with Gasteiger partial charge in [-0.25, -0.2) is 14.3 Å². The van der Waals surface area contributed by atoms with Crippen LogP contribution in [0, 0.1) is 19.8 Å². The molecule has 1 aromatic carbocycles. The quantitative estimate of drug-likeness (QED) is 0.537. The monoisotopic (exact) mass is 479 g/mol. The average Bonchev–Trinajstić information content (AvgIpc) is 3.16. The first kappa shape index (κ1) is 24.9. The first-order valence-electron chi connectivity index (χ1n) is 12.5. The number of aryl methyl sites for hydroxylation is 2. The number of carbonyl (C=O) groups is 2. The minimum Gasteiger partial charge on any atom is -0.444 e. The number of piperidine rings is 1. The summed E-state index contributed by atoms with van der Waals surface area (Å²) in [6.07, 6.45) is 2.70. The van der Waals surface area contributed by atoms with Gasteiger partial charge >= 0.3 is 6.09 Å². The second kappa shape index (κ2) is 9.84. The van der Waals surface area contributed by atoms with E-state index in [0.29, 0.717) is 25.9 Å². The highest BCUT2D eigenvalue weighted by Gasteiger charge is 2.27. The number of ether oxygens (including phenoxy) is 1. The molecule has 1 aliphatic rings. The summed E-state index contributed by atoms with van der Waals surface area (Å²) in [5, 5.41) is 5.76. The lowest BCUT2D eigenvalue weighted by Gasteiger charge is -2.35. The highest BCUT2D eigenvalue weighted by molar-refractivity contribution is 5.92. The van der Waals surface area contributed by atoms with E-state index in [-0.39, 0.29) is 17.9 Å². The molecule has 8 nitrogen and oxygen atoms in total. The third-order valence-electron chi connectivity index (χ3n) is 6.72. The fraction of sp³-hybridized carbons (Fsp3) is 0.556. The summed E-state index contributed by atoms with van der Waals surface area (Å²) in [4.78, 5) is 33.9. The molecule has 188 valence electrons. The molecule has 0 spiro atoms. The minimum atomic E-state index is -0.517. The van der Waals surface area contributed by atoms with Gasteiger partial charge in [-0.05, 0) is 77.5 Å². The normalized spacial score (nSPS) is 16.6. The van der Waals surface area contributed by atoms with Gasteiger partial charge in [-0.2, -0.15) is 5.10 Å². The van der Waals surface area contributed by atoms with Crippen LogP contribution in [0.2, 0.25) is 0 Å². The lowest BCUT2D eigenvalue weighted by molar-refractivity contribution is -0.133. The van der Waals surface area contributed by atoms with Gasteiger partial charge in [0.15, 0.2) is 5.65 Å². The van der Waals surface area contributed by atoms with E-state index in [0.717, 1.165) is 52.9 Å². The Balaban J connectivity index is 1.39. The predicted molar refractivity (Wildman–Crippen MR) is 136 cm³/mol. The van der Waals surface area contributed by atoms with Crippen molar-refractivity contribution in [1.29, 1.82) is 0 Å². The molecule has 0 N–H and O–H groups in total. The minimum absolute atomic E-state index is 0.152. The summed E-state index contributed by atoms with van der Waals surface area (Å²) in [5.41, 5.74) is 4.33. The van der Waals surface area contributed by atoms with Gasteiger partial charge in [-0.3, -0.25) is 4.79 Å². The molecule has 1 aliphatic heterocycles. The van der Waals surface area contributed by atoms with Crippen LogP contribution < -0.4 is 0 Å². The molecule has 0 bridgehead atoms. The summed E-state index contributed by atoms with van der Waals surface area (Å²) < 4.78 is 7.37. The van der Waals surface area contributed by atoms with Crippen LogP contribution in [0.5, 0.6) is 0 Å². The first-order valence-corrected chi connectivity index (χ1v) is 12.5. The van der Waals surface area contributed by atoms with Crippen LogP contribution in [-0.4, -0.2) is 68.7 Å². The maximum Gasteiger partial charge on any atom is 0.410 e. The summed E-state index contributed by atoms with van der Waals surface area (Å²) >= 11 is 0. The Morgan fingerprint density at radius 2 is 1.94 bits per heavy atom. The van der Waals surface area contributed by atoms with E-state index < -0.39 is 5.60 Å². The van der Waals surface area contributed by atoms with Gasteiger partial charge in [-0.1, -0.05) is 12.1 Å². The van der Waals surface area contributed by atoms with Crippen molar-refractivity contribution in [3.05, 3.63) is 41.2 Å². The van der Waals surface area contributed by atoms with Gasteiger partial charge in [0.1, 0.15) is 5.60 Å². The Morgan fingerprint density at radius 3 is 2.69 bits per heavy atom. The van der Waals surface area contributed by atoms with Crippen LogP contribution in [0.1, 0.15) is 57.0 Å². The second-order valence-electron chi connectivity index (χ2n) is 10.7. The maximum atomic E-state index is 13.1. The Hall–Kier alpha value is -3.16. The van der Waals surface area contributed by atoms with E-state index >= 15 is 0 Å². The molecule has 2 aromatic heterocycles. The van der Waals surface area contributed by atoms with E-state index in [1.54, 1.807) is 11.9 Å². The third-order valence-corrected chi connectivity index (χ3v) is 6.72. The number of hydrogen-bond donors (Lipinski definition) is 0. The average molecular weight is 480 g/mol. The fourth-order valence-corrected chi connectivity index (χ4v) is 4.97. The molecular formula is C27H37N5O3. The van der Waals surface area contributed by atoms with Crippen molar-refractivity contribution in [1.82, 2.24) is 24.4 Å². The van der Waals surface area contributed by atoms with Crippen molar-refractivity contribution in [3.63, 3.8) is 0 Å². The molecule has 1 saturated heterocycles. The summed E-state index contributed by atoms with van der Waals surface area (Å²) in [7, 11) is 1.77. The molecule has 0 radical (unpaired) electrons. The lowest BCUT2D eigenvalue weighted by atomic mass is 9.96. The predicted octanol–water partition coefficient (Wildman–Crippen LogP) is 4.54. The van der Waals surface area contributed by atoms with E-state index in [1.165, 1.54) is 0 Å². The van der Waals surface area contributed by atoms with Crippen LogP contribution in [0.25, 0.3) is 16.6 Å². The number of likely N-dealkylation sites (tertiary alicyclic amines) is 1. The number of amides is 2. The second-order valence-corrected chi connectivity index (χ2v) is 10.7. The number of rotatable bonds is 5. The van der Waals surface area contributed by atoms with Gasteiger partial charge in [0.05, 0.1) is 5.52 Å². The van der Waals surface area contributed by atoms with Crippen molar-refractivity contribution >= 4 is 28.6 Å². The van der Waals surface area contributed by atoms with Gasteiger partial charge in [0, 0.05) is 49.9 Å². The molecule has 4 rings (SSSR count). The fourth-order valence-electron chi connectivity index (χ4n) is 4.97. The molecule has 3 heterocycles. The van der Waals surface area contributed by atoms with E-state index in [2.05, 4.69) is 6.92 Å². The Morgan fingerprint density at radius 1 is 1.20 bits per heavy atom. The lowest BCUT2D eigenvalue weighted by Crippen LogP contribution is -2.45. The molecular weight excluding hydrogens is 442 g/mol. The summed E-state index contributed by atoms with van der Waals surface area (Å²) in [6.45, 7) is 11.7. The van der Waals surface area contributed by atoms with Crippen LogP contribution in [0.4, 0.5) is 4.79 Å². The summed E-state index contributed by atoms with van der Waals surface area (Å²) in [6, 6.07) is 8.02. The molecule has 1 atom stereocenters. The van der Waals surface area contributed by atoms with Crippen molar-refractivity contribution in [2.75, 3.05) is 26.7 Å². The van der Waals surface area contributed by atoms with E-state index in [9.17, 15) is 9.59 Å². The van der Waals surface area contributed by atoms with Crippen molar-refractivity contribution in [2.45, 2.75) is 65.9 Å². The zero-order chi connectivity index (χ0) is 25.3. The van der Waals surface area contributed by atoms with E-state index in [4.69, 9.17) is 14.8 Å². The highest BCUT2D eigenvalue weighted by atomic mass is 16.6. The third kappa shape index (κ3) is 5.57. The number of fused-ring (bicyclic) bond motifs is 3. The molecule has 0 aliphatic carbocycles. The van der Waals surface area contributed by atoms with Crippen molar-refractivity contribution < 1.29 is 14.3 Å². The number of benzene rings is 1. The molecule has 3 aromatic rings. The van der Waals surface area contributed by atoms with Crippen LogP contribution in [0.3, 0.4) is 0 Å². The molecule has 1 unspecified atom stereocenters. The van der Waals surface area contributed by atoms with Crippen LogP contribution >= 0.6 is 0 Å². The first-order chi connectivity index (χ1) is 16.5. The number of nitrogens with zero attached hydrogens (tertiary/aromatic N) is 5. The standard InChI is InChI=1S/C27H37N5O3/c1-18-21(19(2)32-25(28-18)22-11-7-8-12-23(22)29-32)13-14-24(33)31-15-9-10-20(17-31)16-30(6)26(34)35-27(3,4)5/h7-8,11-12,20H,9-10,13-17H2,1-6H3. The zero-order valence-corrected chi connectivity index (χ0v) is 21.8.